The van der Waals surface area contributed by atoms with E-state index in [4.69, 9.17) is 0 Å². The summed E-state index contributed by atoms with van der Waals surface area (Å²) in [5.74, 6) is -0.154. The Morgan fingerprint density at radius 2 is 1.95 bits per heavy atom. The van der Waals surface area contributed by atoms with Crippen LogP contribution in [0.1, 0.15) is 26.7 Å². The Balaban J connectivity index is 2.02. The molecule has 20 heavy (non-hydrogen) atoms. The summed E-state index contributed by atoms with van der Waals surface area (Å²) in [5, 5.41) is 3.45. The fourth-order valence-electron chi connectivity index (χ4n) is 2.55. The summed E-state index contributed by atoms with van der Waals surface area (Å²) in [5.41, 5.74) is 1.55. The maximum atomic E-state index is 14.2. The predicted molar refractivity (Wildman–Crippen MR) is 84.1 cm³/mol. The molecule has 0 spiro atoms. The fraction of sp³-hybridized carbons (Fsp3) is 0.625. The molecule has 1 heterocycles. The van der Waals surface area contributed by atoms with Crippen LogP contribution in [0.3, 0.4) is 0 Å². The number of halogens is 1. The monoisotopic (exact) mass is 279 g/mol. The van der Waals surface area contributed by atoms with Crippen molar-refractivity contribution in [3.05, 3.63) is 24.0 Å². The molecule has 0 bridgehead atoms. The van der Waals surface area contributed by atoms with Crippen molar-refractivity contribution in [2.75, 3.05) is 37.4 Å². The Bertz CT molecular complexity index is 439. The van der Waals surface area contributed by atoms with Crippen molar-refractivity contribution < 1.29 is 4.39 Å². The molecule has 2 rings (SSSR count). The van der Waals surface area contributed by atoms with Crippen LogP contribution >= 0.6 is 0 Å². The van der Waals surface area contributed by atoms with Crippen LogP contribution in [-0.2, 0) is 0 Å². The third-order valence-electron chi connectivity index (χ3n) is 4.19. The first-order valence-corrected chi connectivity index (χ1v) is 7.45. The summed E-state index contributed by atoms with van der Waals surface area (Å²) in [6, 6.07) is 6.21. The molecule has 0 amide bonds. The lowest BCUT2D eigenvalue weighted by Gasteiger charge is -2.30. The van der Waals surface area contributed by atoms with E-state index in [0.717, 1.165) is 31.6 Å². The van der Waals surface area contributed by atoms with Gasteiger partial charge in [-0.1, -0.05) is 0 Å². The molecule has 0 unspecified atom stereocenters. The van der Waals surface area contributed by atoms with Crippen molar-refractivity contribution in [3.63, 3.8) is 0 Å². The molecule has 1 aliphatic heterocycles. The summed E-state index contributed by atoms with van der Waals surface area (Å²) in [4.78, 5) is 4.29. The molecule has 112 valence electrons. The molecule has 0 atom stereocenters. The molecule has 0 aliphatic carbocycles. The minimum atomic E-state index is -0.154. The molecule has 0 aromatic heterocycles. The highest BCUT2D eigenvalue weighted by molar-refractivity contribution is 5.56. The van der Waals surface area contributed by atoms with Gasteiger partial charge in [-0.15, -0.1) is 0 Å². The van der Waals surface area contributed by atoms with Crippen LogP contribution in [0.2, 0.25) is 0 Å². The quantitative estimate of drug-likeness (QED) is 0.913. The van der Waals surface area contributed by atoms with Crippen LogP contribution in [0.4, 0.5) is 15.8 Å². The van der Waals surface area contributed by atoms with E-state index in [1.54, 1.807) is 6.07 Å². The molecule has 1 aromatic carbocycles. The molecular formula is C16H26FN3. The van der Waals surface area contributed by atoms with Gasteiger partial charge in [-0.2, -0.15) is 0 Å². The van der Waals surface area contributed by atoms with E-state index in [1.165, 1.54) is 0 Å². The van der Waals surface area contributed by atoms with Gasteiger partial charge in [-0.3, -0.25) is 0 Å². The number of hydrogen-bond donors (Lipinski definition) is 1. The second kappa shape index (κ2) is 6.44. The molecule has 4 heteroatoms. The minimum absolute atomic E-state index is 0.154. The standard InChI is InChI=1S/C16H26FN3/c1-12(2)20(4)16-6-5-14(11-15(16)17)18-13-7-9-19(3)10-8-13/h5-6,11-13,18H,7-10H2,1-4H3. The van der Waals surface area contributed by atoms with Crippen LogP contribution in [0.25, 0.3) is 0 Å². The Morgan fingerprint density at radius 3 is 2.50 bits per heavy atom. The summed E-state index contributed by atoms with van der Waals surface area (Å²) < 4.78 is 14.2. The molecule has 1 aromatic rings. The van der Waals surface area contributed by atoms with Gasteiger partial charge in [-0.25, -0.2) is 4.39 Å². The highest BCUT2D eigenvalue weighted by atomic mass is 19.1. The number of nitrogens with zero attached hydrogens (tertiary/aromatic N) is 2. The van der Waals surface area contributed by atoms with Crippen molar-refractivity contribution in [3.8, 4) is 0 Å². The number of hydrogen-bond acceptors (Lipinski definition) is 3. The van der Waals surface area contributed by atoms with Gasteiger partial charge in [0.25, 0.3) is 0 Å². The first kappa shape index (κ1) is 15.1. The summed E-state index contributed by atoms with van der Waals surface area (Å²) in [6.45, 7) is 6.33. The average molecular weight is 279 g/mol. The first-order valence-electron chi connectivity index (χ1n) is 7.45. The van der Waals surface area contributed by atoms with Crippen molar-refractivity contribution >= 4 is 11.4 Å². The summed E-state index contributed by atoms with van der Waals surface area (Å²) >= 11 is 0. The van der Waals surface area contributed by atoms with E-state index >= 15 is 0 Å². The van der Waals surface area contributed by atoms with E-state index in [9.17, 15) is 4.39 Å². The highest BCUT2D eigenvalue weighted by Crippen LogP contribution is 2.24. The lowest BCUT2D eigenvalue weighted by Crippen LogP contribution is -2.36. The van der Waals surface area contributed by atoms with Gasteiger partial charge in [0, 0.05) is 24.8 Å². The van der Waals surface area contributed by atoms with Gasteiger partial charge in [-0.05, 0) is 65.0 Å². The highest BCUT2D eigenvalue weighted by Gasteiger charge is 2.17. The maximum absolute atomic E-state index is 14.2. The van der Waals surface area contributed by atoms with Crippen molar-refractivity contribution in [1.82, 2.24) is 4.90 Å². The van der Waals surface area contributed by atoms with Crippen LogP contribution in [0.15, 0.2) is 18.2 Å². The Morgan fingerprint density at radius 1 is 1.30 bits per heavy atom. The molecule has 3 nitrogen and oxygen atoms in total. The van der Waals surface area contributed by atoms with E-state index < -0.39 is 0 Å². The van der Waals surface area contributed by atoms with Crippen LogP contribution in [0, 0.1) is 5.82 Å². The molecule has 1 fully saturated rings. The summed E-state index contributed by atoms with van der Waals surface area (Å²) in [7, 11) is 4.07. The molecule has 1 N–H and O–H groups in total. The molecule has 1 aliphatic rings. The average Bonchev–Trinajstić information content (AvgIpc) is 2.41. The molecular weight excluding hydrogens is 253 g/mol. The topological polar surface area (TPSA) is 18.5 Å². The molecule has 0 radical (unpaired) electrons. The van der Waals surface area contributed by atoms with Gasteiger partial charge in [0.15, 0.2) is 0 Å². The van der Waals surface area contributed by atoms with Gasteiger partial charge in [0.1, 0.15) is 5.82 Å². The second-order valence-electron chi connectivity index (χ2n) is 6.09. The van der Waals surface area contributed by atoms with E-state index in [-0.39, 0.29) is 11.9 Å². The Labute approximate surface area is 121 Å². The van der Waals surface area contributed by atoms with E-state index in [0.29, 0.717) is 11.7 Å². The zero-order valence-electron chi connectivity index (χ0n) is 13.0. The Hall–Kier alpha value is -1.29. The smallest absolute Gasteiger partial charge is 0.148 e. The molecule has 1 saturated heterocycles. The normalized spacial score (nSPS) is 17.5. The minimum Gasteiger partial charge on any atom is -0.382 e. The first-order chi connectivity index (χ1) is 9.47. The van der Waals surface area contributed by atoms with Gasteiger partial charge in [0.05, 0.1) is 5.69 Å². The fourth-order valence-corrected chi connectivity index (χ4v) is 2.55. The zero-order chi connectivity index (χ0) is 14.7. The third-order valence-corrected chi connectivity index (χ3v) is 4.19. The van der Waals surface area contributed by atoms with Crippen molar-refractivity contribution in [1.29, 1.82) is 0 Å². The van der Waals surface area contributed by atoms with Crippen LogP contribution < -0.4 is 10.2 Å². The molecule has 0 saturated carbocycles. The summed E-state index contributed by atoms with van der Waals surface area (Å²) in [6.07, 6.45) is 2.23. The number of piperidine rings is 1. The zero-order valence-corrected chi connectivity index (χ0v) is 13.0. The third kappa shape index (κ3) is 3.63. The largest absolute Gasteiger partial charge is 0.382 e. The van der Waals surface area contributed by atoms with Gasteiger partial charge < -0.3 is 15.1 Å². The number of likely N-dealkylation sites (tertiary alicyclic amines) is 1. The van der Waals surface area contributed by atoms with Gasteiger partial charge >= 0.3 is 0 Å². The van der Waals surface area contributed by atoms with Gasteiger partial charge in [0.2, 0.25) is 0 Å². The lowest BCUT2D eigenvalue weighted by molar-refractivity contribution is 0.264. The number of nitrogens with one attached hydrogen (secondary N) is 1. The van der Waals surface area contributed by atoms with Crippen LogP contribution in [-0.4, -0.2) is 44.2 Å². The number of anilines is 2. The number of benzene rings is 1. The lowest BCUT2D eigenvalue weighted by atomic mass is 10.1. The Kier molecular flexibility index (Phi) is 4.86. The predicted octanol–water partition coefficient (Wildman–Crippen LogP) is 3.18. The van der Waals surface area contributed by atoms with Crippen molar-refractivity contribution in [2.24, 2.45) is 0 Å². The second-order valence-corrected chi connectivity index (χ2v) is 6.09. The number of rotatable bonds is 4. The van der Waals surface area contributed by atoms with E-state index in [2.05, 4.69) is 31.1 Å². The van der Waals surface area contributed by atoms with E-state index in [1.807, 2.05) is 24.1 Å². The SMILES string of the molecule is CC(C)N(C)c1ccc(NC2CCN(C)CC2)cc1F. The van der Waals surface area contributed by atoms with Crippen LogP contribution in [0.5, 0.6) is 0 Å². The van der Waals surface area contributed by atoms with Crippen molar-refractivity contribution in [2.45, 2.75) is 38.8 Å². The maximum Gasteiger partial charge on any atom is 0.148 e.